The first-order valence-corrected chi connectivity index (χ1v) is 7.22. The highest BCUT2D eigenvalue weighted by Crippen LogP contribution is 2.44. The predicted octanol–water partition coefficient (Wildman–Crippen LogP) is 1.86. The molecule has 0 aromatic rings. The summed E-state index contributed by atoms with van der Waals surface area (Å²) in [6.07, 6.45) is 6.47. The van der Waals surface area contributed by atoms with Gasteiger partial charge in [-0.1, -0.05) is 6.92 Å². The van der Waals surface area contributed by atoms with Crippen molar-refractivity contribution >= 4 is 0 Å². The van der Waals surface area contributed by atoms with Gasteiger partial charge in [0, 0.05) is 25.2 Å². The maximum atomic E-state index is 6.09. The summed E-state index contributed by atoms with van der Waals surface area (Å²) >= 11 is 0. The SMILES string of the molecule is CCC(CN)(C1CC1)N(C)CC1CCCOC1. The van der Waals surface area contributed by atoms with Crippen molar-refractivity contribution in [2.24, 2.45) is 17.6 Å². The Bertz CT molecular complexity index is 230. The summed E-state index contributed by atoms with van der Waals surface area (Å²) in [5.41, 5.74) is 6.35. The maximum absolute atomic E-state index is 6.09. The highest BCUT2D eigenvalue weighted by Gasteiger charge is 2.45. The number of ether oxygens (including phenoxy) is 1. The Morgan fingerprint density at radius 2 is 2.12 bits per heavy atom. The van der Waals surface area contributed by atoms with E-state index < -0.39 is 0 Å². The van der Waals surface area contributed by atoms with Crippen molar-refractivity contribution in [3.63, 3.8) is 0 Å². The number of nitrogens with zero attached hydrogens (tertiary/aromatic N) is 1. The summed E-state index contributed by atoms with van der Waals surface area (Å²) in [4.78, 5) is 2.55. The zero-order valence-corrected chi connectivity index (χ0v) is 11.5. The fourth-order valence-electron chi connectivity index (χ4n) is 3.48. The monoisotopic (exact) mass is 240 g/mol. The van der Waals surface area contributed by atoms with E-state index in [0.29, 0.717) is 5.92 Å². The van der Waals surface area contributed by atoms with Gasteiger partial charge in [-0.25, -0.2) is 0 Å². The third-order valence-corrected chi connectivity index (χ3v) is 4.85. The Hall–Kier alpha value is -0.120. The topological polar surface area (TPSA) is 38.5 Å². The Morgan fingerprint density at radius 1 is 1.35 bits per heavy atom. The molecule has 2 unspecified atom stereocenters. The average Bonchev–Trinajstić information content (AvgIpc) is 3.17. The van der Waals surface area contributed by atoms with E-state index in [0.717, 1.165) is 32.2 Å². The summed E-state index contributed by atoms with van der Waals surface area (Å²) < 4.78 is 5.58. The lowest BCUT2D eigenvalue weighted by atomic mass is 9.87. The first-order chi connectivity index (χ1) is 8.23. The van der Waals surface area contributed by atoms with Crippen LogP contribution in [0.5, 0.6) is 0 Å². The van der Waals surface area contributed by atoms with E-state index in [4.69, 9.17) is 10.5 Å². The highest BCUT2D eigenvalue weighted by molar-refractivity contribution is 5.02. The van der Waals surface area contributed by atoms with E-state index in [1.54, 1.807) is 0 Å². The molecule has 0 spiro atoms. The zero-order valence-electron chi connectivity index (χ0n) is 11.5. The minimum Gasteiger partial charge on any atom is -0.381 e. The second kappa shape index (κ2) is 5.68. The number of hydrogen-bond acceptors (Lipinski definition) is 3. The molecule has 0 radical (unpaired) electrons. The lowest BCUT2D eigenvalue weighted by Gasteiger charge is -2.43. The van der Waals surface area contributed by atoms with Crippen LogP contribution < -0.4 is 5.73 Å². The van der Waals surface area contributed by atoms with E-state index in [2.05, 4.69) is 18.9 Å². The van der Waals surface area contributed by atoms with Crippen LogP contribution in [-0.2, 0) is 4.74 Å². The minimum absolute atomic E-state index is 0.261. The number of rotatable bonds is 6. The van der Waals surface area contributed by atoms with Crippen LogP contribution in [0.1, 0.15) is 39.0 Å². The van der Waals surface area contributed by atoms with Gasteiger partial charge in [0.15, 0.2) is 0 Å². The quantitative estimate of drug-likeness (QED) is 0.770. The van der Waals surface area contributed by atoms with Gasteiger partial charge in [0.1, 0.15) is 0 Å². The van der Waals surface area contributed by atoms with Gasteiger partial charge < -0.3 is 10.5 Å². The molecular formula is C14H28N2O. The van der Waals surface area contributed by atoms with Crippen LogP contribution in [0.4, 0.5) is 0 Å². The van der Waals surface area contributed by atoms with Crippen LogP contribution in [0, 0.1) is 11.8 Å². The summed E-state index contributed by atoms with van der Waals surface area (Å²) in [6, 6.07) is 0. The smallest absolute Gasteiger partial charge is 0.0506 e. The lowest BCUT2D eigenvalue weighted by Crippen LogP contribution is -2.55. The molecule has 2 N–H and O–H groups in total. The molecule has 0 aromatic heterocycles. The normalized spacial score (nSPS) is 29.3. The molecule has 2 atom stereocenters. The first-order valence-electron chi connectivity index (χ1n) is 7.22. The molecule has 0 aromatic carbocycles. The Kier molecular flexibility index (Phi) is 4.45. The number of likely N-dealkylation sites (N-methyl/N-ethyl adjacent to an activating group) is 1. The van der Waals surface area contributed by atoms with E-state index in [-0.39, 0.29) is 5.54 Å². The van der Waals surface area contributed by atoms with Crippen LogP contribution in [0.25, 0.3) is 0 Å². The molecule has 1 saturated heterocycles. The van der Waals surface area contributed by atoms with E-state index in [1.165, 1.54) is 32.1 Å². The largest absolute Gasteiger partial charge is 0.381 e. The van der Waals surface area contributed by atoms with E-state index in [1.807, 2.05) is 0 Å². The van der Waals surface area contributed by atoms with Crippen molar-refractivity contribution in [3.05, 3.63) is 0 Å². The second-order valence-corrected chi connectivity index (χ2v) is 5.90. The summed E-state index contributed by atoms with van der Waals surface area (Å²) in [7, 11) is 2.27. The van der Waals surface area contributed by atoms with Gasteiger partial charge in [0.05, 0.1) is 6.61 Å². The molecule has 2 fully saturated rings. The van der Waals surface area contributed by atoms with Gasteiger partial charge >= 0.3 is 0 Å². The third-order valence-electron chi connectivity index (χ3n) is 4.85. The van der Waals surface area contributed by atoms with Gasteiger partial charge in [-0.2, -0.15) is 0 Å². The molecule has 2 rings (SSSR count). The molecule has 17 heavy (non-hydrogen) atoms. The van der Waals surface area contributed by atoms with Gasteiger partial charge in [0.25, 0.3) is 0 Å². The Labute approximate surface area is 106 Å². The van der Waals surface area contributed by atoms with Crippen molar-refractivity contribution in [1.29, 1.82) is 0 Å². The van der Waals surface area contributed by atoms with Crippen molar-refractivity contribution in [2.75, 3.05) is 33.4 Å². The first kappa shape index (κ1) is 13.3. The molecule has 0 bridgehead atoms. The van der Waals surface area contributed by atoms with Crippen molar-refractivity contribution < 1.29 is 4.74 Å². The highest BCUT2D eigenvalue weighted by atomic mass is 16.5. The molecule has 2 aliphatic rings. The molecule has 1 aliphatic heterocycles. The molecule has 1 saturated carbocycles. The third kappa shape index (κ3) is 2.83. The summed E-state index contributed by atoms with van der Waals surface area (Å²) in [6.45, 7) is 6.15. The van der Waals surface area contributed by atoms with Crippen LogP contribution in [0.2, 0.25) is 0 Å². The van der Waals surface area contributed by atoms with Crippen molar-refractivity contribution in [3.8, 4) is 0 Å². The number of hydrogen-bond donors (Lipinski definition) is 1. The van der Waals surface area contributed by atoms with Gasteiger partial charge in [0.2, 0.25) is 0 Å². The van der Waals surface area contributed by atoms with Gasteiger partial charge in [-0.15, -0.1) is 0 Å². The standard InChI is InChI=1S/C14H28N2O/c1-3-14(11-15,13-6-7-13)16(2)9-12-5-4-8-17-10-12/h12-13H,3-11,15H2,1-2H3. The van der Waals surface area contributed by atoms with Crippen LogP contribution >= 0.6 is 0 Å². The molecule has 100 valence electrons. The Balaban J connectivity index is 1.93. The summed E-state index contributed by atoms with van der Waals surface area (Å²) in [5.74, 6) is 1.55. The maximum Gasteiger partial charge on any atom is 0.0506 e. The van der Waals surface area contributed by atoms with Crippen LogP contribution in [0.3, 0.4) is 0 Å². The number of nitrogens with two attached hydrogens (primary N) is 1. The zero-order chi connectivity index (χ0) is 12.3. The minimum atomic E-state index is 0.261. The fraction of sp³-hybridized carbons (Fsp3) is 1.00. The summed E-state index contributed by atoms with van der Waals surface area (Å²) in [5, 5.41) is 0. The molecule has 1 aliphatic carbocycles. The molecule has 3 heteroatoms. The van der Waals surface area contributed by atoms with E-state index >= 15 is 0 Å². The fourth-order valence-corrected chi connectivity index (χ4v) is 3.48. The van der Waals surface area contributed by atoms with Crippen LogP contribution in [-0.4, -0.2) is 43.8 Å². The second-order valence-electron chi connectivity index (χ2n) is 5.90. The average molecular weight is 240 g/mol. The van der Waals surface area contributed by atoms with Crippen molar-refractivity contribution in [2.45, 2.75) is 44.6 Å². The van der Waals surface area contributed by atoms with Crippen LogP contribution in [0.15, 0.2) is 0 Å². The van der Waals surface area contributed by atoms with Crippen molar-refractivity contribution in [1.82, 2.24) is 4.90 Å². The molecule has 3 nitrogen and oxygen atoms in total. The van der Waals surface area contributed by atoms with E-state index in [9.17, 15) is 0 Å². The lowest BCUT2D eigenvalue weighted by molar-refractivity contribution is 0.0133. The molecular weight excluding hydrogens is 212 g/mol. The van der Waals surface area contributed by atoms with Gasteiger partial charge in [-0.05, 0) is 51.0 Å². The predicted molar refractivity (Wildman–Crippen MR) is 71.0 cm³/mol. The van der Waals surface area contributed by atoms with Gasteiger partial charge in [-0.3, -0.25) is 4.90 Å². The molecule has 1 heterocycles. The Morgan fingerprint density at radius 3 is 2.59 bits per heavy atom. The molecule has 0 amide bonds.